The maximum absolute atomic E-state index is 12.1. The Labute approximate surface area is 273 Å². The maximum atomic E-state index is 12.1. The van der Waals surface area contributed by atoms with Crippen molar-refractivity contribution < 1.29 is 47.5 Å². The number of nitrogens with zero attached hydrogens (tertiary/aromatic N) is 2. The zero-order valence-corrected chi connectivity index (χ0v) is 28.3. The van der Waals surface area contributed by atoms with Gasteiger partial charge in [0.25, 0.3) is 20.2 Å². The van der Waals surface area contributed by atoms with Crippen LogP contribution in [0.25, 0.3) is 16.7 Å². The molecule has 0 saturated heterocycles. The second kappa shape index (κ2) is 10.9. The van der Waals surface area contributed by atoms with Crippen LogP contribution in [0.2, 0.25) is 0 Å². The number of rotatable bonds is 5. The van der Waals surface area contributed by atoms with Crippen LogP contribution in [0.3, 0.4) is 0 Å². The predicted octanol–water partition coefficient (Wildman–Crippen LogP) is 3.52. The second-order valence-corrected chi connectivity index (χ2v) is 15.6. The largest absolute Gasteiger partial charge is 0.457 e. The summed E-state index contributed by atoms with van der Waals surface area (Å²) in [4.78, 5) is 2.04. The zero-order valence-electron chi connectivity index (χ0n) is 25.7. The van der Waals surface area contributed by atoms with Gasteiger partial charge in [-0.3, -0.25) is 9.11 Å². The predicted molar refractivity (Wildman–Crippen MR) is 172 cm³/mol. The third-order valence-corrected chi connectivity index (χ3v) is 10.2. The van der Waals surface area contributed by atoms with E-state index in [-0.39, 0.29) is 16.8 Å². The average molecular weight is 694 g/mol. The van der Waals surface area contributed by atoms with E-state index >= 15 is 0 Å². The van der Waals surface area contributed by atoms with E-state index in [9.17, 15) is 25.9 Å². The SMILES string of the molecule is CN1c2cc3c(cc2C(CS(=O)(=O)O)=CC1(C)C)C(c1[c-]cccc1)=c1cc2c(cc1O3)=[N+](C)C(C)(C)C=C2CS(=O)(=O)O.[Co]. The summed E-state index contributed by atoms with van der Waals surface area (Å²) in [6.07, 6.45) is 3.70. The van der Waals surface area contributed by atoms with Crippen LogP contribution in [0.5, 0.6) is 11.5 Å². The van der Waals surface area contributed by atoms with Gasteiger partial charge in [0.1, 0.15) is 30.1 Å². The summed E-state index contributed by atoms with van der Waals surface area (Å²) in [6, 6.07) is 18.3. The number of anilines is 1. The van der Waals surface area contributed by atoms with Crippen molar-refractivity contribution in [2.24, 2.45) is 0 Å². The molecule has 0 atom stereocenters. The molecule has 12 heteroatoms. The third kappa shape index (κ3) is 6.02. The summed E-state index contributed by atoms with van der Waals surface area (Å²) >= 11 is 0. The molecule has 3 aromatic rings. The normalized spacial score (nSPS) is 17.9. The van der Waals surface area contributed by atoms with Gasteiger partial charge in [0.15, 0.2) is 5.54 Å². The number of fused-ring (bicyclic) bond motifs is 4. The van der Waals surface area contributed by atoms with Crippen LogP contribution in [0, 0.1) is 6.07 Å². The molecule has 3 heterocycles. The standard InChI is InChI=1S/C33H34N2O7S2.Co/c1-32(2)16-21(18-43(36,37)38)23-12-25-29(14-27(23)34(32)5)42-30-15-28-24(13-26(30)31(25)20-10-8-7-9-11-20)22(19-44(39,40)41)17-33(3,4)35(28)6;/h7-10,12-17H,18-19H2,1-6H3,(H,36,37,38)(H,39,40,41);. The molecule has 0 unspecified atom stereocenters. The molecule has 0 fully saturated rings. The minimum Gasteiger partial charge on any atom is -0.457 e. The molecule has 2 N–H and O–H groups in total. The maximum Gasteiger partial charge on any atom is 0.269 e. The van der Waals surface area contributed by atoms with Gasteiger partial charge in [-0.05, 0) is 47.9 Å². The van der Waals surface area contributed by atoms with Crippen molar-refractivity contribution in [3.05, 3.63) is 99.6 Å². The summed E-state index contributed by atoms with van der Waals surface area (Å²) in [5.41, 5.74) is 4.13. The van der Waals surface area contributed by atoms with E-state index in [0.717, 1.165) is 22.2 Å². The molecule has 239 valence electrons. The smallest absolute Gasteiger partial charge is 0.269 e. The number of likely N-dealkylation sites (N-methyl/N-ethyl adjacent to an activating group) is 2. The van der Waals surface area contributed by atoms with Gasteiger partial charge in [0, 0.05) is 55.0 Å². The number of hydrogen-bond acceptors (Lipinski definition) is 6. The van der Waals surface area contributed by atoms with Gasteiger partial charge in [0.2, 0.25) is 5.36 Å². The molecule has 0 amide bonds. The Morgan fingerprint density at radius 1 is 0.867 bits per heavy atom. The molecule has 9 nitrogen and oxygen atoms in total. The molecule has 3 aliphatic heterocycles. The minimum absolute atomic E-state index is 0. The average Bonchev–Trinajstić information content (AvgIpc) is 2.90. The fourth-order valence-electron chi connectivity index (χ4n) is 6.32. The van der Waals surface area contributed by atoms with Crippen LogP contribution < -0.4 is 24.8 Å². The number of benzene rings is 3. The van der Waals surface area contributed by atoms with Crippen molar-refractivity contribution in [2.75, 3.05) is 30.5 Å². The van der Waals surface area contributed by atoms with Gasteiger partial charge in [-0.25, -0.2) is 4.58 Å². The Morgan fingerprint density at radius 3 is 2.11 bits per heavy atom. The van der Waals surface area contributed by atoms with Crippen molar-refractivity contribution in [2.45, 2.75) is 38.8 Å². The summed E-state index contributed by atoms with van der Waals surface area (Å²) in [7, 11) is -4.80. The summed E-state index contributed by atoms with van der Waals surface area (Å²) in [5.74, 6) is 0.0376. The molecule has 3 aromatic carbocycles. The fourth-order valence-corrected chi connectivity index (χ4v) is 7.59. The fraction of sp³-hybridized carbons (Fsp3) is 0.303. The molecular weight excluding hydrogens is 659 g/mol. The van der Waals surface area contributed by atoms with Crippen LogP contribution in [0.1, 0.15) is 49.9 Å². The minimum atomic E-state index is -4.33. The van der Waals surface area contributed by atoms with E-state index in [4.69, 9.17) is 4.74 Å². The first-order valence-corrected chi connectivity index (χ1v) is 17.3. The van der Waals surface area contributed by atoms with Crippen molar-refractivity contribution >= 4 is 42.6 Å². The first kappa shape index (κ1) is 33.1. The van der Waals surface area contributed by atoms with Crippen LogP contribution in [-0.4, -0.2) is 62.6 Å². The monoisotopic (exact) mass is 693 g/mol. The summed E-state index contributed by atoms with van der Waals surface area (Å²) in [5, 5.41) is 1.45. The van der Waals surface area contributed by atoms with Gasteiger partial charge >= 0.3 is 0 Å². The van der Waals surface area contributed by atoms with E-state index in [1.807, 2.05) is 106 Å². The van der Waals surface area contributed by atoms with Crippen molar-refractivity contribution in [1.29, 1.82) is 0 Å². The molecule has 0 aliphatic carbocycles. The summed E-state index contributed by atoms with van der Waals surface area (Å²) in [6.45, 7) is 7.86. The van der Waals surface area contributed by atoms with Crippen LogP contribution >= 0.6 is 0 Å². The van der Waals surface area contributed by atoms with E-state index in [1.165, 1.54) is 0 Å². The molecule has 6 rings (SSSR count). The van der Waals surface area contributed by atoms with Gasteiger partial charge in [0.05, 0.1) is 17.2 Å². The van der Waals surface area contributed by atoms with E-state index < -0.39 is 42.8 Å². The second-order valence-electron chi connectivity index (χ2n) is 12.7. The quantitative estimate of drug-likeness (QED) is 0.185. The van der Waals surface area contributed by atoms with Gasteiger partial charge in [-0.2, -0.15) is 16.8 Å². The van der Waals surface area contributed by atoms with Crippen LogP contribution in [0.15, 0.2) is 60.7 Å². The first-order valence-electron chi connectivity index (χ1n) is 14.1. The molecule has 0 aromatic heterocycles. The number of ether oxygens (including phenoxy) is 1. The topological polar surface area (TPSA) is 124 Å². The molecule has 0 saturated carbocycles. The van der Waals surface area contributed by atoms with Gasteiger partial charge in [-0.1, -0.05) is 17.7 Å². The number of hydrogen-bond donors (Lipinski definition) is 2. The molecule has 0 bridgehead atoms. The third-order valence-electron chi connectivity index (χ3n) is 8.81. The van der Waals surface area contributed by atoms with E-state index in [2.05, 4.69) is 6.07 Å². The zero-order chi connectivity index (χ0) is 32.0. The Balaban J connectivity index is 0.00000400. The molecular formula is C33H34CoN2O7S2. The molecule has 45 heavy (non-hydrogen) atoms. The van der Waals surface area contributed by atoms with Crippen molar-refractivity contribution in [1.82, 2.24) is 4.58 Å². The summed E-state index contributed by atoms with van der Waals surface area (Å²) < 4.78 is 76.6. The van der Waals surface area contributed by atoms with Gasteiger partial charge in [-0.15, -0.1) is 35.9 Å². The van der Waals surface area contributed by atoms with E-state index in [0.29, 0.717) is 44.6 Å². The Bertz CT molecular complexity index is 2170. The molecule has 1 radical (unpaired) electrons. The molecule has 0 spiro atoms. The Morgan fingerprint density at radius 2 is 1.51 bits per heavy atom. The van der Waals surface area contributed by atoms with Crippen molar-refractivity contribution in [3.8, 4) is 11.5 Å². The van der Waals surface area contributed by atoms with Crippen molar-refractivity contribution in [3.63, 3.8) is 0 Å². The Hall–Kier alpha value is -3.26. The van der Waals surface area contributed by atoms with Crippen LogP contribution in [0.4, 0.5) is 5.69 Å². The van der Waals surface area contributed by atoms with Gasteiger partial charge < -0.3 is 9.64 Å². The Kier molecular flexibility index (Phi) is 8.04. The first-order chi connectivity index (χ1) is 20.3. The molecule has 3 aliphatic rings. The van der Waals surface area contributed by atoms with E-state index in [1.54, 1.807) is 6.07 Å². The van der Waals surface area contributed by atoms with Crippen LogP contribution in [-0.2, 0) is 37.0 Å².